The van der Waals surface area contributed by atoms with Crippen molar-refractivity contribution >= 4 is 64.4 Å². The van der Waals surface area contributed by atoms with Gasteiger partial charge in [-0.15, -0.1) is 0 Å². The van der Waals surface area contributed by atoms with Crippen molar-refractivity contribution in [2.45, 2.75) is 74.3 Å². The first-order chi connectivity index (χ1) is 40.3. The van der Waals surface area contributed by atoms with E-state index in [-0.39, 0.29) is 45.8 Å². The lowest BCUT2D eigenvalue weighted by Crippen LogP contribution is -3.11. The van der Waals surface area contributed by atoms with E-state index in [9.17, 15) is 56.1 Å². The van der Waals surface area contributed by atoms with E-state index in [1.165, 1.54) is 82.7 Å². The number of benzene rings is 8. The van der Waals surface area contributed by atoms with Crippen molar-refractivity contribution in [3.05, 3.63) is 266 Å². The fraction of sp³-hybridized carbons (Fsp3) is 0.175. The summed E-state index contributed by atoms with van der Waals surface area (Å²) in [4.78, 5) is 9.85. The summed E-state index contributed by atoms with van der Waals surface area (Å²) in [5.41, 5.74) is -8.10. The molecule has 462 valence electrons. The van der Waals surface area contributed by atoms with Crippen LogP contribution in [0.1, 0.15) is 43.0 Å². The van der Waals surface area contributed by atoms with Crippen molar-refractivity contribution in [3.63, 3.8) is 0 Å². The average Bonchev–Trinajstić information content (AvgIpc) is 2.65. The molecular formula is C63H69F6IN3O8S5+. The van der Waals surface area contributed by atoms with Gasteiger partial charge in [-0.2, -0.15) is 26.3 Å². The Morgan fingerprint density at radius 1 is 0.430 bits per heavy atom. The Labute approximate surface area is 526 Å². The zero-order valence-corrected chi connectivity index (χ0v) is 53.7. The summed E-state index contributed by atoms with van der Waals surface area (Å²) in [6.07, 6.45) is 3.15. The highest BCUT2D eigenvalue weighted by atomic mass is 127. The molecule has 3 N–H and O–H groups in total. The van der Waals surface area contributed by atoms with Crippen LogP contribution in [0.5, 0.6) is 0 Å². The number of hydrogen-bond donors (Lipinski definition) is 3. The molecule has 8 aromatic rings. The summed E-state index contributed by atoms with van der Waals surface area (Å²) in [6, 6.07) is 76.9. The van der Waals surface area contributed by atoms with E-state index in [1.807, 2.05) is 0 Å². The summed E-state index contributed by atoms with van der Waals surface area (Å²) < 4.78 is 149. The second-order valence-electron chi connectivity index (χ2n) is 17.3. The van der Waals surface area contributed by atoms with Crippen molar-refractivity contribution < 1.29 is 89.2 Å². The lowest BCUT2D eigenvalue weighted by molar-refractivity contribution is -0.894. The number of sulfonamides is 2. The molecule has 0 heterocycles. The summed E-state index contributed by atoms with van der Waals surface area (Å²) in [7, 11) is -14.2. The van der Waals surface area contributed by atoms with Crippen molar-refractivity contribution in [2.24, 2.45) is 0 Å². The van der Waals surface area contributed by atoms with Crippen LogP contribution in [0.15, 0.2) is 273 Å². The van der Waals surface area contributed by atoms with Gasteiger partial charge in [-0.25, -0.2) is 34.7 Å². The summed E-state index contributed by atoms with van der Waals surface area (Å²) in [5, 5.41) is 0. The topological polar surface area (TPSA) is 163 Å². The van der Waals surface area contributed by atoms with Crippen LogP contribution in [0.3, 0.4) is 0 Å². The minimum absolute atomic E-state index is 0. The molecule has 8 rings (SSSR count). The van der Waals surface area contributed by atoms with Crippen LogP contribution in [0.25, 0.3) is 12.2 Å². The van der Waals surface area contributed by atoms with Crippen LogP contribution < -0.4 is 38.3 Å². The van der Waals surface area contributed by atoms with Gasteiger partial charge in [0.1, 0.15) is 0 Å². The Morgan fingerprint density at radius 3 is 0.767 bits per heavy atom. The first-order valence-corrected chi connectivity index (χ1v) is 32.8. The van der Waals surface area contributed by atoms with Crippen LogP contribution in [0.2, 0.25) is 0 Å². The second kappa shape index (κ2) is 38.9. The van der Waals surface area contributed by atoms with Gasteiger partial charge in [0.25, 0.3) is 0 Å². The fourth-order valence-corrected chi connectivity index (χ4v) is 12.2. The molecule has 0 radical (unpaired) electrons. The highest BCUT2D eigenvalue weighted by molar-refractivity contribution is 7.97. The first kappa shape index (κ1) is 76.0. The summed E-state index contributed by atoms with van der Waals surface area (Å²) in [5.74, 6) is 0. The highest BCUT2D eigenvalue weighted by Crippen LogP contribution is 2.32. The third-order valence-electron chi connectivity index (χ3n) is 11.6. The van der Waals surface area contributed by atoms with Gasteiger partial charge >= 0.3 is 31.1 Å². The third-order valence-corrected chi connectivity index (χ3v) is 18.7. The molecule has 0 saturated heterocycles. The van der Waals surface area contributed by atoms with E-state index in [0.29, 0.717) is 11.1 Å². The normalized spacial score (nSPS) is 11.2. The molecule has 0 fully saturated rings. The van der Waals surface area contributed by atoms with Crippen molar-refractivity contribution in [1.82, 2.24) is 9.44 Å². The molecule has 23 heteroatoms. The smallest absolute Gasteiger partial charge is 0.511 e. The predicted molar refractivity (Wildman–Crippen MR) is 329 cm³/mol. The molecule has 8 aromatic carbocycles. The minimum atomic E-state index is -5.28. The molecule has 0 spiro atoms. The lowest BCUT2D eigenvalue weighted by atomic mass is 10.1. The molecule has 0 amide bonds. The number of alkyl halides is 6. The molecule has 0 aromatic heterocycles. The molecular weight excluding hydrogens is 1330 g/mol. The second-order valence-corrected chi connectivity index (χ2v) is 26.0. The fourth-order valence-electron chi connectivity index (χ4n) is 6.97. The van der Waals surface area contributed by atoms with Gasteiger partial charge in [-0.3, -0.25) is 4.18 Å². The zero-order chi connectivity index (χ0) is 62.9. The third kappa shape index (κ3) is 27.7. The largest absolute Gasteiger partial charge is 1.00 e. The van der Waals surface area contributed by atoms with Crippen LogP contribution in [-0.2, 0) is 69.5 Å². The van der Waals surface area contributed by atoms with Crippen LogP contribution in [-0.4, -0.2) is 67.6 Å². The van der Waals surface area contributed by atoms with Crippen LogP contribution in [0.4, 0.5) is 26.3 Å². The van der Waals surface area contributed by atoms with Crippen LogP contribution in [0, 0.1) is 0 Å². The Hall–Kier alpha value is -6.10. The molecule has 86 heavy (non-hydrogen) atoms. The Kier molecular flexibility index (Phi) is 34.4. The zero-order valence-electron chi connectivity index (χ0n) is 47.5. The molecule has 0 bridgehead atoms. The standard InChI is InChI=1S/2C18H15S.2C10H10F3NO2S.C6H15N.CH4O4S.HI/c2*1-4-10-16(11-5-1)19(17-12-6-2-7-13-17)18-14-8-3-9-15-18;2*1-2-8-3-5-9(6-4-8)7-14-17(15,16)10(11,12)13;1-4-7(5-2)6-3;1-5-6(2,3)4;/h2*1-15H;2*2-6,14H,1,7H2;4-6H2,1-3H3;1H3,(H,2,3,4);1H/q2*+1;;;;;/p-1. The van der Waals surface area contributed by atoms with E-state index in [4.69, 9.17) is 0 Å². The molecule has 0 saturated carbocycles. The number of quaternary nitrogens is 1. The molecule has 11 nitrogen and oxygen atoms in total. The number of nitrogens with one attached hydrogen (secondary N) is 3. The minimum Gasteiger partial charge on any atom is -1.00 e. The van der Waals surface area contributed by atoms with E-state index >= 15 is 0 Å². The van der Waals surface area contributed by atoms with E-state index in [1.54, 1.807) is 41.3 Å². The maximum atomic E-state index is 12.0. The molecule has 0 aliphatic carbocycles. The van der Waals surface area contributed by atoms with Gasteiger partial charge < -0.3 is 33.4 Å². The van der Waals surface area contributed by atoms with Gasteiger partial charge in [0, 0.05) is 13.1 Å². The molecule has 0 atom stereocenters. The van der Waals surface area contributed by atoms with Gasteiger partial charge in [0.15, 0.2) is 29.4 Å². The quantitative estimate of drug-likeness (QED) is 0.0251. The van der Waals surface area contributed by atoms with Crippen molar-refractivity contribution in [3.8, 4) is 0 Å². The maximum absolute atomic E-state index is 12.0. The summed E-state index contributed by atoms with van der Waals surface area (Å²) in [6.45, 7) is 16.7. The monoisotopic (exact) mass is 1400 g/mol. The molecule has 0 aliphatic rings. The maximum Gasteiger partial charge on any atom is 0.511 e. The molecule has 0 unspecified atom stereocenters. The van der Waals surface area contributed by atoms with Crippen molar-refractivity contribution in [2.75, 3.05) is 26.7 Å². The number of rotatable bonds is 18. The van der Waals surface area contributed by atoms with E-state index < -0.39 is 54.6 Å². The van der Waals surface area contributed by atoms with Gasteiger partial charge in [-0.05, 0) is 116 Å². The van der Waals surface area contributed by atoms with Gasteiger partial charge in [0.2, 0.25) is 10.4 Å². The van der Waals surface area contributed by atoms with Crippen LogP contribution >= 0.6 is 0 Å². The number of hydrogen-bond acceptors (Lipinski definition) is 8. The summed E-state index contributed by atoms with van der Waals surface area (Å²) >= 11 is 0. The van der Waals surface area contributed by atoms with Gasteiger partial charge in [-0.1, -0.05) is 183 Å². The molecule has 0 aliphatic heterocycles. The van der Waals surface area contributed by atoms with E-state index in [2.05, 4.69) is 220 Å². The van der Waals surface area contributed by atoms with Gasteiger partial charge in [0.05, 0.1) is 48.5 Å². The Morgan fingerprint density at radius 2 is 0.628 bits per heavy atom. The first-order valence-electron chi connectivity index (χ1n) is 26.0. The highest BCUT2D eigenvalue weighted by Gasteiger charge is 2.46. The Bertz CT molecular complexity index is 3090. The van der Waals surface area contributed by atoms with E-state index in [0.717, 1.165) is 18.2 Å². The Balaban J connectivity index is 0.000000365. The van der Waals surface area contributed by atoms with Crippen molar-refractivity contribution in [1.29, 1.82) is 0 Å². The number of halogens is 7. The average molecular weight is 1400 g/mol. The predicted octanol–water partition coefficient (Wildman–Crippen LogP) is 10.1. The lowest BCUT2D eigenvalue weighted by Gasteiger charge is -2.10. The SMILES string of the molecule is C=Cc1ccc(CNS(=O)(=O)C(F)(F)F)cc1.C=Cc1ccc(CNS(=O)(=O)C(F)(F)F)cc1.CC[NH+](CC)CC.COS(=O)(=O)[O-].[I-].c1ccc([S+](c2ccccc2)c2ccccc2)cc1.c1ccc([S+](c2ccccc2)c2ccccc2)cc1.